The van der Waals surface area contributed by atoms with Gasteiger partial charge in [-0.25, -0.2) is 19.3 Å². The van der Waals surface area contributed by atoms with Crippen LogP contribution >= 0.6 is 0 Å². The van der Waals surface area contributed by atoms with Crippen molar-refractivity contribution in [3.05, 3.63) is 64.2 Å². The highest BCUT2D eigenvalue weighted by molar-refractivity contribution is 5.77. The van der Waals surface area contributed by atoms with Crippen LogP contribution in [0.3, 0.4) is 0 Å². The lowest BCUT2D eigenvalue weighted by Crippen LogP contribution is -2.23. The van der Waals surface area contributed by atoms with Gasteiger partial charge in [0, 0.05) is 35.2 Å². The summed E-state index contributed by atoms with van der Waals surface area (Å²) < 4.78 is 3.68. The minimum absolute atomic E-state index is 0.0660. The van der Waals surface area contributed by atoms with Crippen molar-refractivity contribution in [3.8, 4) is 5.82 Å². The van der Waals surface area contributed by atoms with E-state index in [1.165, 1.54) is 5.56 Å². The van der Waals surface area contributed by atoms with Crippen molar-refractivity contribution < 1.29 is 0 Å². The molecule has 3 aromatic heterocycles. The zero-order valence-electron chi connectivity index (χ0n) is 19.1. The normalized spacial score (nSPS) is 15.5. The Morgan fingerprint density at radius 2 is 1.97 bits per heavy atom. The largest absolute Gasteiger partial charge is 0.384 e. The van der Waals surface area contributed by atoms with Gasteiger partial charge in [0.05, 0.1) is 6.04 Å². The van der Waals surface area contributed by atoms with Gasteiger partial charge in [-0.3, -0.25) is 4.79 Å². The number of aromatic nitrogens is 5. The molecule has 0 unspecified atom stereocenters. The summed E-state index contributed by atoms with van der Waals surface area (Å²) in [5, 5.41) is 7.21. The number of hydrogen-bond donors (Lipinski definition) is 2. The maximum Gasteiger partial charge on any atom is 0.278 e. The summed E-state index contributed by atoms with van der Waals surface area (Å²) in [6, 6.07) is 12.4. The Labute approximate surface area is 191 Å². The first-order chi connectivity index (χ1) is 15.9. The van der Waals surface area contributed by atoms with Gasteiger partial charge >= 0.3 is 0 Å². The van der Waals surface area contributed by atoms with Gasteiger partial charge in [-0.1, -0.05) is 32.9 Å². The summed E-state index contributed by atoms with van der Waals surface area (Å²) in [4.78, 5) is 27.4. The first-order valence-electron chi connectivity index (χ1n) is 11.5. The van der Waals surface area contributed by atoms with Gasteiger partial charge < -0.3 is 10.6 Å². The Morgan fingerprint density at radius 1 is 1.12 bits per heavy atom. The van der Waals surface area contributed by atoms with E-state index in [9.17, 15) is 4.79 Å². The van der Waals surface area contributed by atoms with E-state index in [2.05, 4.69) is 48.5 Å². The molecule has 6 rings (SSSR count). The van der Waals surface area contributed by atoms with Crippen LogP contribution in [-0.2, 0) is 11.8 Å². The Balaban J connectivity index is 1.48. The molecular formula is C25H27N7O. The molecule has 1 aliphatic heterocycles. The van der Waals surface area contributed by atoms with Gasteiger partial charge in [0.2, 0.25) is 5.95 Å². The molecule has 1 aliphatic carbocycles. The van der Waals surface area contributed by atoms with Crippen LogP contribution in [0.4, 0.5) is 17.3 Å². The number of fused-ring (bicyclic) bond motifs is 2. The fraction of sp³-hybridized carbons (Fsp3) is 0.360. The van der Waals surface area contributed by atoms with Crippen molar-refractivity contribution in [2.45, 2.75) is 51.5 Å². The standard InChI is InChI=1S/C25H27N7O/c1-25(2,3)20-5-4-6-21(29-20)32-22-18(23(33)31(32)17-9-10-17)14-27-24(30-22)28-16-8-7-15-11-12-26-19(15)13-16/h4-8,13-14,17,26H,9-12H2,1-3H3,(H,27,28,30). The van der Waals surface area contributed by atoms with Crippen LogP contribution < -0.4 is 16.2 Å². The Bertz CT molecular complexity index is 1440. The molecule has 2 aliphatic rings. The van der Waals surface area contributed by atoms with Crippen molar-refractivity contribution in [1.29, 1.82) is 0 Å². The van der Waals surface area contributed by atoms with E-state index < -0.39 is 0 Å². The summed E-state index contributed by atoms with van der Waals surface area (Å²) in [5.41, 5.74) is 4.73. The maximum atomic E-state index is 13.3. The zero-order valence-corrected chi connectivity index (χ0v) is 19.1. The SMILES string of the molecule is CC(C)(C)c1cccc(-n2c3nc(Nc4ccc5c(c4)NCC5)ncc3c(=O)n2C2CC2)n1. The van der Waals surface area contributed by atoms with E-state index >= 15 is 0 Å². The maximum absolute atomic E-state index is 13.3. The molecule has 0 saturated heterocycles. The number of hydrogen-bond acceptors (Lipinski definition) is 6. The lowest BCUT2D eigenvalue weighted by atomic mass is 9.92. The number of benzene rings is 1. The molecule has 0 bridgehead atoms. The summed E-state index contributed by atoms with van der Waals surface area (Å²) in [7, 11) is 0. The van der Waals surface area contributed by atoms with E-state index in [0.29, 0.717) is 22.8 Å². The quantitative estimate of drug-likeness (QED) is 0.490. The molecule has 8 heteroatoms. The van der Waals surface area contributed by atoms with Crippen molar-refractivity contribution in [3.63, 3.8) is 0 Å². The fourth-order valence-corrected chi connectivity index (χ4v) is 4.39. The van der Waals surface area contributed by atoms with Crippen LogP contribution in [0.25, 0.3) is 16.9 Å². The fourth-order valence-electron chi connectivity index (χ4n) is 4.39. The lowest BCUT2D eigenvalue weighted by Gasteiger charge is -2.19. The van der Waals surface area contributed by atoms with Gasteiger partial charge in [0.15, 0.2) is 11.5 Å². The van der Waals surface area contributed by atoms with Crippen LogP contribution in [0.1, 0.15) is 50.9 Å². The van der Waals surface area contributed by atoms with Gasteiger partial charge in [-0.15, -0.1) is 0 Å². The Kier molecular flexibility index (Phi) is 4.33. The molecule has 1 aromatic carbocycles. The van der Waals surface area contributed by atoms with Crippen LogP contribution in [0.5, 0.6) is 0 Å². The van der Waals surface area contributed by atoms with Crippen molar-refractivity contribution in [1.82, 2.24) is 24.3 Å². The van der Waals surface area contributed by atoms with E-state index in [1.54, 1.807) is 10.9 Å². The average molecular weight is 442 g/mol. The predicted molar refractivity (Wildman–Crippen MR) is 130 cm³/mol. The van der Waals surface area contributed by atoms with E-state index in [0.717, 1.165) is 42.9 Å². The molecule has 0 spiro atoms. The molecule has 1 saturated carbocycles. The molecule has 0 amide bonds. The van der Waals surface area contributed by atoms with E-state index in [-0.39, 0.29) is 17.0 Å². The Morgan fingerprint density at radius 3 is 2.76 bits per heavy atom. The zero-order chi connectivity index (χ0) is 22.7. The van der Waals surface area contributed by atoms with Gasteiger partial charge in [-0.05, 0) is 49.1 Å². The molecule has 0 radical (unpaired) electrons. The highest BCUT2D eigenvalue weighted by Crippen LogP contribution is 2.36. The third-order valence-electron chi connectivity index (χ3n) is 6.31. The summed E-state index contributed by atoms with van der Waals surface area (Å²) in [6.07, 6.45) is 4.63. The number of nitrogens with one attached hydrogen (secondary N) is 2. The number of nitrogens with zero attached hydrogens (tertiary/aromatic N) is 5. The van der Waals surface area contributed by atoms with Crippen LogP contribution in [0, 0.1) is 0 Å². The van der Waals surface area contributed by atoms with Crippen molar-refractivity contribution in [2.75, 3.05) is 17.2 Å². The van der Waals surface area contributed by atoms with Crippen LogP contribution in [0.2, 0.25) is 0 Å². The average Bonchev–Trinajstić information content (AvgIpc) is 3.45. The number of rotatable bonds is 4. The second-order valence-corrected chi connectivity index (χ2v) is 9.93. The van der Waals surface area contributed by atoms with Crippen molar-refractivity contribution in [2.24, 2.45) is 0 Å². The smallest absolute Gasteiger partial charge is 0.278 e. The monoisotopic (exact) mass is 441 g/mol. The third kappa shape index (κ3) is 3.46. The second-order valence-electron chi connectivity index (χ2n) is 9.93. The molecule has 0 atom stereocenters. The van der Waals surface area contributed by atoms with E-state index in [4.69, 9.17) is 9.97 Å². The molecule has 4 heterocycles. The number of anilines is 3. The molecule has 2 N–H and O–H groups in total. The van der Waals surface area contributed by atoms with Gasteiger partial charge in [0.25, 0.3) is 5.56 Å². The first-order valence-corrected chi connectivity index (χ1v) is 11.5. The van der Waals surface area contributed by atoms with Crippen LogP contribution in [0.15, 0.2) is 47.4 Å². The predicted octanol–water partition coefficient (Wildman–Crippen LogP) is 4.32. The first kappa shape index (κ1) is 20.0. The molecular weight excluding hydrogens is 414 g/mol. The second kappa shape index (κ2) is 7.16. The minimum Gasteiger partial charge on any atom is -0.384 e. The number of pyridine rings is 1. The third-order valence-corrected chi connectivity index (χ3v) is 6.31. The molecule has 168 valence electrons. The topological polar surface area (TPSA) is 89.7 Å². The van der Waals surface area contributed by atoms with Gasteiger partial charge in [0.1, 0.15) is 5.39 Å². The summed E-state index contributed by atoms with van der Waals surface area (Å²) in [6.45, 7) is 7.37. The molecule has 8 nitrogen and oxygen atoms in total. The van der Waals surface area contributed by atoms with Crippen molar-refractivity contribution >= 4 is 28.4 Å². The summed E-state index contributed by atoms with van der Waals surface area (Å²) in [5.74, 6) is 1.15. The molecule has 33 heavy (non-hydrogen) atoms. The Hall–Kier alpha value is -3.68. The summed E-state index contributed by atoms with van der Waals surface area (Å²) >= 11 is 0. The van der Waals surface area contributed by atoms with E-state index in [1.807, 2.05) is 28.9 Å². The molecule has 1 fully saturated rings. The van der Waals surface area contributed by atoms with Crippen LogP contribution in [-0.4, -0.2) is 30.9 Å². The minimum atomic E-state index is -0.104. The highest BCUT2D eigenvalue weighted by Gasteiger charge is 2.31. The molecule has 4 aromatic rings. The highest BCUT2D eigenvalue weighted by atomic mass is 16.1. The lowest BCUT2D eigenvalue weighted by molar-refractivity contribution is 0.537. The van der Waals surface area contributed by atoms with Gasteiger partial charge in [-0.2, -0.15) is 4.98 Å².